The van der Waals surface area contributed by atoms with E-state index in [0.29, 0.717) is 50.4 Å². The number of imide groups is 1. The van der Waals surface area contributed by atoms with Crippen molar-refractivity contribution in [1.82, 2.24) is 25.1 Å². The lowest BCUT2D eigenvalue weighted by molar-refractivity contribution is -0.138. The second-order valence-electron chi connectivity index (χ2n) is 13.4. The lowest BCUT2D eigenvalue weighted by atomic mass is 9.96. The van der Waals surface area contributed by atoms with E-state index in [4.69, 9.17) is 0 Å². The summed E-state index contributed by atoms with van der Waals surface area (Å²) in [6, 6.07) is 21.6. The van der Waals surface area contributed by atoms with E-state index in [0.717, 1.165) is 45.8 Å². The van der Waals surface area contributed by atoms with Gasteiger partial charge < -0.3 is 19.7 Å². The quantitative estimate of drug-likeness (QED) is 0.206. The van der Waals surface area contributed by atoms with Gasteiger partial charge in [-0.15, -0.1) is 0 Å². The number of pyridine rings is 1. The van der Waals surface area contributed by atoms with Crippen LogP contribution in [0.25, 0.3) is 27.5 Å². The fraction of sp³-hybridized carbons (Fsp3) is 0.316. The molecule has 0 radical (unpaired) electrons. The third kappa shape index (κ3) is 5.77. The predicted octanol–water partition coefficient (Wildman–Crippen LogP) is 5.96. The number of nitrogens with one attached hydrogen (secondary N) is 2. The molecule has 2 N–H and O–H groups in total. The molecule has 8 rings (SSSR count). The molecule has 2 aromatic heterocycles. The first-order chi connectivity index (χ1) is 24.2. The minimum atomic E-state index is -4.57. The van der Waals surface area contributed by atoms with Crippen LogP contribution < -0.4 is 15.5 Å². The van der Waals surface area contributed by atoms with Gasteiger partial charge in [-0.05, 0) is 67.1 Å². The smallest absolute Gasteiger partial charge is 0.356 e. The number of fused-ring (bicyclic) bond motifs is 4. The van der Waals surface area contributed by atoms with Crippen LogP contribution in [0.5, 0.6) is 0 Å². The number of nitrogens with zero attached hydrogens (tertiary/aromatic N) is 4. The zero-order chi connectivity index (χ0) is 34.6. The number of piperidine rings is 2. The summed E-state index contributed by atoms with van der Waals surface area (Å²) in [7, 11) is 0. The van der Waals surface area contributed by atoms with E-state index < -0.39 is 23.7 Å². The van der Waals surface area contributed by atoms with Crippen LogP contribution in [0.4, 0.5) is 19.0 Å². The molecule has 0 saturated carbocycles. The van der Waals surface area contributed by atoms with Crippen molar-refractivity contribution < 1.29 is 27.6 Å². The summed E-state index contributed by atoms with van der Waals surface area (Å²) in [6.45, 7) is 2.53. The SMILES string of the molecule is O=C1CCC(N2Cc3cc(CNCC4CCN(c5ncc(-n6c7ccccc7c7ccccc76)cc5C(F)(F)F)CC4)ccc3C2=O)C(=O)N1. The fourth-order valence-corrected chi connectivity index (χ4v) is 7.74. The van der Waals surface area contributed by atoms with Gasteiger partial charge in [0.25, 0.3) is 5.91 Å². The van der Waals surface area contributed by atoms with E-state index in [-0.39, 0.29) is 30.0 Å². The number of rotatable bonds is 7. The molecule has 0 bridgehead atoms. The monoisotopic (exact) mass is 680 g/mol. The molecule has 50 heavy (non-hydrogen) atoms. The van der Waals surface area contributed by atoms with Crippen LogP contribution in [-0.4, -0.2) is 57.8 Å². The Hall–Kier alpha value is -5.23. The number of hydrogen-bond donors (Lipinski definition) is 2. The van der Waals surface area contributed by atoms with Gasteiger partial charge in [0.05, 0.1) is 22.9 Å². The molecule has 9 nitrogen and oxygen atoms in total. The number of anilines is 1. The number of hydrogen-bond acceptors (Lipinski definition) is 6. The van der Waals surface area contributed by atoms with Gasteiger partial charge in [0.15, 0.2) is 0 Å². The summed E-state index contributed by atoms with van der Waals surface area (Å²) in [5, 5.41) is 7.75. The molecular weight excluding hydrogens is 645 g/mol. The Bertz CT molecular complexity index is 2100. The van der Waals surface area contributed by atoms with E-state index in [1.807, 2.05) is 65.2 Å². The average Bonchev–Trinajstić information content (AvgIpc) is 3.62. The van der Waals surface area contributed by atoms with E-state index in [1.54, 1.807) is 17.2 Å². The number of para-hydroxylation sites is 2. The summed E-state index contributed by atoms with van der Waals surface area (Å²) in [4.78, 5) is 44.6. The molecule has 5 aromatic rings. The number of carbonyl (C=O) groups is 3. The maximum Gasteiger partial charge on any atom is 0.420 e. The molecule has 0 aliphatic carbocycles. The Morgan fingerprint density at radius 1 is 0.880 bits per heavy atom. The highest BCUT2D eigenvalue weighted by Crippen LogP contribution is 2.40. The third-order valence-electron chi connectivity index (χ3n) is 10.3. The molecule has 0 spiro atoms. The lowest BCUT2D eigenvalue weighted by Crippen LogP contribution is -2.52. The first-order valence-electron chi connectivity index (χ1n) is 16.9. The second kappa shape index (κ2) is 12.6. The van der Waals surface area contributed by atoms with E-state index in [1.165, 1.54) is 11.0 Å². The molecule has 2 fully saturated rings. The standard InChI is InChI=1S/C38H35F3N6O3/c39-38(40,41)30-18-26(47-31-7-3-1-5-28(31)29-6-2-4-8-32(29)47)21-43-35(30)45-15-13-23(14-16-45)19-42-20-24-9-10-27-25(17-24)22-46(37(27)50)33-11-12-34(48)44-36(33)49/h1-10,17-18,21,23,33,42H,11-16,19-20,22H2,(H,44,48,49). The first kappa shape index (κ1) is 32.0. The van der Waals surface area contributed by atoms with Crippen LogP contribution in [0.1, 0.15) is 52.7 Å². The Morgan fingerprint density at radius 2 is 1.58 bits per heavy atom. The van der Waals surface area contributed by atoms with E-state index in [9.17, 15) is 27.6 Å². The molecule has 2 saturated heterocycles. The minimum Gasteiger partial charge on any atom is -0.356 e. The van der Waals surface area contributed by atoms with Crippen LogP contribution in [0.3, 0.4) is 0 Å². The van der Waals surface area contributed by atoms with Gasteiger partial charge in [-0.1, -0.05) is 48.5 Å². The molecule has 5 heterocycles. The number of halogens is 3. The zero-order valence-corrected chi connectivity index (χ0v) is 27.2. The van der Waals surface area contributed by atoms with Crippen molar-refractivity contribution in [3.8, 4) is 5.69 Å². The number of aromatic nitrogens is 2. The van der Waals surface area contributed by atoms with Crippen molar-refractivity contribution in [2.45, 2.75) is 51.0 Å². The predicted molar refractivity (Wildman–Crippen MR) is 183 cm³/mol. The third-order valence-corrected chi connectivity index (χ3v) is 10.3. The van der Waals surface area contributed by atoms with Crippen molar-refractivity contribution in [2.75, 3.05) is 24.5 Å². The minimum absolute atomic E-state index is 0.0348. The maximum absolute atomic E-state index is 14.6. The van der Waals surface area contributed by atoms with Crippen LogP contribution >= 0.6 is 0 Å². The molecule has 12 heteroatoms. The Labute approximate surface area is 286 Å². The van der Waals surface area contributed by atoms with E-state index in [2.05, 4.69) is 15.6 Å². The molecule has 256 valence electrons. The summed E-state index contributed by atoms with van der Waals surface area (Å²) in [6.07, 6.45) is -1.06. The van der Waals surface area contributed by atoms with Crippen LogP contribution in [0, 0.1) is 5.92 Å². The van der Waals surface area contributed by atoms with Crippen molar-refractivity contribution in [3.05, 3.63) is 101 Å². The van der Waals surface area contributed by atoms with Crippen molar-refractivity contribution in [2.24, 2.45) is 5.92 Å². The van der Waals surface area contributed by atoms with Gasteiger partial charge in [0, 0.05) is 48.9 Å². The zero-order valence-electron chi connectivity index (χ0n) is 27.2. The second-order valence-corrected chi connectivity index (χ2v) is 13.4. The van der Waals surface area contributed by atoms with E-state index >= 15 is 0 Å². The summed E-state index contributed by atoms with van der Waals surface area (Å²) < 4.78 is 45.6. The maximum atomic E-state index is 14.6. The molecule has 3 aromatic carbocycles. The highest BCUT2D eigenvalue weighted by molar-refractivity contribution is 6.09. The molecule has 1 atom stereocenters. The topological polar surface area (TPSA) is 99.6 Å². The molecule has 3 amide bonds. The number of alkyl halides is 3. The van der Waals surface area contributed by atoms with Crippen molar-refractivity contribution in [3.63, 3.8) is 0 Å². The number of benzene rings is 3. The van der Waals surface area contributed by atoms with Gasteiger partial charge in [-0.25, -0.2) is 4.98 Å². The molecular formula is C38H35F3N6O3. The fourth-order valence-electron chi connectivity index (χ4n) is 7.74. The normalized spacial score (nSPS) is 18.7. The lowest BCUT2D eigenvalue weighted by Gasteiger charge is -2.34. The highest BCUT2D eigenvalue weighted by atomic mass is 19.4. The van der Waals surface area contributed by atoms with Gasteiger partial charge in [0.1, 0.15) is 17.4 Å². The number of amides is 3. The Morgan fingerprint density at radius 3 is 2.26 bits per heavy atom. The van der Waals surface area contributed by atoms with Crippen LogP contribution in [0.2, 0.25) is 0 Å². The summed E-state index contributed by atoms with van der Waals surface area (Å²) >= 11 is 0. The van der Waals surface area contributed by atoms with Gasteiger partial charge in [-0.2, -0.15) is 13.2 Å². The van der Waals surface area contributed by atoms with Gasteiger partial charge >= 0.3 is 6.18 Å². The first-order valence-corrected chi connectivity index (χ1v) is 16.9. The Kier molecular flexibility index (Phi) is 8.05. The largest absolute Gasteiger partial charge is 0.420 e. The molecule has 3 aliphatic rings. The van der Waals surface area contributed by atoms with Gasteiger partial charge in [-0.3, -0.25) is 19.7 Å². The summed E-state index contributed by atoms with van der Waals surface area (Å²) in [5.74, 6) is -0.700. The van der Waals surface area contributed by atoms with Crippen LogP contribution in [-0.2, 0) is 28.9 Å². The number of carbonyl (C=O) groups excluding carboxylic acids is 3. The molecule has 1 unspecified atom stereocenters. The molecule has 3 aliphatic heterocycles. The summed E-state index contributed by atoms with van der Waals surface area (Å²) in [5.41, 5.74) is 3.71. The Balaban J connectivity index is 0.913. The average molecular weight is 681 g/mol. The van der Waals surface area contributed by atoms with Crippen molar-refractivity contribution >= 4 is 45.3 Å². The van der Waals surface area contributed by atoms with Crippen molar-refractivity contribution in [1.29, 1.82) is 0 Å². The van der Waals surface area contributed by atoms with Gasteiger partial charge in [0.2, 0.25) is 11.8 Å². The highest BCUT2D eigenvalue weighted by Gasteiger charge is 2.40. The van der Waals surface area contributed by atoms with Crippen LogP contribution in [0.15, 0.2) is 79.0 Å².